The van der Waals surface area contributed by atoms with Crippen molar-refractivity contribution in [2.75, 3.05) is 23.8 Å². The maximum absolute atomic E-state index is 12.9. The Morgan fingerprint density at radius 3 is 2.54 bits per heavy atom. The van der Waals surface area contributed by atoms with Gasteiger partial charge in [0.25, 0.3) is 10.0 Å². The Labute approximate surface area is 169 Å². The lowest BCUT2D eigenvalue weighted by atomic mass is 10.1. The van der Waals surface area contributed by atoms with Crippen LogP contribution in [0.15, 0.2) is 35.2 Å². The minimum Gasteiger partial charge on any atom is -0.497 e. The molecule has 1 N–H and O–H groups in total. The summed E-state index contributed by atoms with van der Waals surface area (Å²) in [5.41, 5.74) is 1.67. The molecule has 0 bridgehead atoms. The van der Waals surface area contributed by atoms with Gasteiger partial charge in [0.05, 0.1) is 24.1 Å². The molecule has 0 aliphatic carbocycles. The Hall–Kier alpha value is -2.45. The van der Waals surface area contributed by atoms with E-state index in [1.165, 1.54) is 33.3 Å². The van der Waals surface area contributed by atoms with E-state index in [2.05, 4.69) is 4.72 Å². The van der Waals surface area contributed by atoms with Crippen molar-refractivity contribution in [3.05, 3.63) is 40.9 Å². The number of fused-ring (bicyclic) bond motifs is 1. The Morgan fingerprint density at radius 1 is 1.21 bits per heavy atom. The molecule has 1 amide bonds. The fourth-order valence-electron chi connectivity index (χ4n) is 3.38. The van der Waals surface area contributed by atoms with Crippen molar-refractivity contribution in [1.29, 1.82) is 0 Å². The SMILES string of the molecule is COc1cc(Cl)c(NS(=O)(=O)c2ccc3c(c2)C[C@@H](C)N3C(C)=O)c(OC)c1. The summed E-state index contributed by atoms with van der Waals surface area (Å²) in [6, 6.07) is 7.73. The lowest BCUT2D eigenvalue weighted by molar-refractivity contribution is -0.116. The van der Waals surface area contributed by atoms with Crippen LogP contribution in [0.1, 0.15) is 19.4 Å². The summed E-state index contributed by atoms with van der Waals surface area (Å²) in [5, 5.41) is 0.150. The van der Waals surface area contributed by atoms with Crippen molar-refractivity contribution in [2.45, 2.75) is 31.2 Å². The number of benzene rings is 2. The molecule has 150 valence electrons. The number of hydrogen-bond donors (Lipinski definition) is 1. The second-order valence-electron chi connectivity index (χ2n) is 6.52. The molecule has 9 heteroatoms. The Balaban J connectivity index is 1.98. The molecular weight excluding hydrogens is 404 g/mol. The van der Waals surface area contributed by atoms with Crippen LogP contribution >= 0.6 is 11.6 Å². The van der Waals surface area contributed by atoms with Gasteiger partial charge in [-0.3, -0.25) is 9.52 Å². The number of carbonyl (C=O) groups is 1. The van der Waals surface area contributed by atoms with Crippen LogP contribution < -0.4 is 19.1 Å². The smallest absolute Gasteiger partial charge is 0.262 e. The van der Waals surface area contributed by atoms with Gasteiger partial charge in [0.2, 0.25) is 5.91 Å². The number of hydrogen-bond acceptors (Lipinski definition) is 5. The van der Waals surface area contributed by atoms with Crippen molar-refractivity contribution in [1.82, 2.24) is 0 Å². The maximum atomic E-state index is 12.9. The molecule has 7 nitrogen and oxygen atoms in total. The van der Waals surface area contributed by atoms with E-state index in [-0.39, 0.29) is 33.3 Å². The van der Waals surface area contributed by atoms with Crippen molar-refractivity contribution in [3.63, 3.8) is 0 Å². The average Bonchev–Trinajstić information content (AvgIpc) is 2.97. The van der Waals surface area contributed by atoms with E-state index >= 15 is 0 Å². The largest absolute Gasteiger partial charge is 0.497 e. The predicted molar refractivity (Wildman–Crippen MR) is 108 cm³/mol. The van der Waals surface area contributed by atoms with E-state index < -0.39 is 10.0 Å². The summed E-state index contributed by atoms with van der Waals surface area (Å²) in [4.78, 5) is 13.6. The zero-order valence-corrected chi connectivity index (χ0v) is 17.5. The van der Waals surface area contributed by atoms with Gasteiger partial charge in [-0.15, -0.1) is 0 Å². The maximum Gasteiger partial charge on any atom is 0.262 e. The van der Waals surface area contributed by atoms with Gasteiger partial charge in [0.15, 0.2) is 0 Å². The van der Waals surface area contributed by atoms with Crippen LogP contribution in [0.2, 0.25) is 5.02 Å². The molecule has 2 aromatic carbocycles. The zero-order valence-electron chi connectivity index (χ0n) is 15.9. The molecule has 0 spiro atoms. The summed E-state index contributed by atoms with van der Waals surface area (Å²) < 4.78 is 38.7. The standard InChI is InChI=1S/C19H21ClN2O5S/c1-11-7-13-8-15(5-6-17(13)22(11)12(2)23)28(24,25)21-19-16(20)9-14(26-3)10-18(19)27-4/h5-6,8-11,21H,7H2,1-4H3/t11-/m1/s1. The van der Waals surface area contributed by atoms with Crippen LogP contribution in [0.5, 0.6) is 11.5 Å². The van der Waals surface area contributed by atoms with Crippen molar-refractivity contribution >= 4 is 38.9 Å². The average molecular weight is 425 g/mol. The molecule has 0 radical (unpaired) electrons. The summed E-state index contributed by atoms with van der Waals surface area (Å²) in [7, 11) is -1.03. The van der Waals surface area contributed by atoms with Crippen LogP contribution in [0.25, 0.3) is 0 Å². The molecule has 1 heterocycles. The van der Waals surface area contributed by atoms with E-state index in [1.54, 1.807) is 23.1 Å². The number of amides is 1. The van der Waals surface area contributed by atoms with E-state index in [9.17, 15) is 13.2 Å². The highest BCUT2D eigenvalue weighted by Gasteiger charge is 2.30. The second-order valence-corrected chi connectivity index (χ2v) is 8.61. The molecule has 0 saturated carbocycles. The van der Waals surface area contributed by atoms with E-state index in [4.69, 9.17) is 21.1 Å². The zero-order chi connectivity index (χ0) is 20.6. The third-order valence-electron chi connectivity index (χ3n) is 4.64. The van der Waals surface area contributed by atoms with Crippen molar-refractivity contribution in [3.8, 4) is 11.5 Å². The molecule has 0 unspecified atom stereocenters. The Bertz CT molecular complexity index is 1040. The minimum atomic E-state index is -3.92. The number of ether oxygens (including phenoxy) is 2. The van der Waals surface area contributed by atoms with Gasteiger partial charge in [-0.25, -0.2) is 8.42 Å². The quantitative estimate of drug-likeness (QED) is 0.794. The highest BCUT2D eigenvalue weighted by molar-refractivity contribution is 7.92. The number of sulfonamides is 1. The first-order chi connectivity index (χ1) is 13.2. The third kappa shape index (κ3) is 3.62. The second kappa shape index (κ2) is 7.52. The summed E-state index contributed by atoms with van der Waals surface area (Å²) in [6.07, 6.45) is 0.588. The van der Waals surface area contributed by atoms with Crippen molar-refractivity contribution in [2.24, 2.45) is 0 Å². The molecule has 1 aliphatic rings. The number of methoxy groups -OCH3 is 2. The number of rotatable bonds is 5. The van der Waals surface area contributed by atoms with Crippen molar-refractivity contribution < 1.29 is 22.7 Å². The van der Waals surface area contributed by atoms with Gasteiger partial charge in [-0.05, 0) is 37.1 Å². The Kier molecular flexibility index (Phi) is 5.45. The monoisotopic (exact) mass is 424 g/mol. The third-order valence-corrected chi connectivity index (χ3v) is 6.28. The fourth-order valence-corrected chi connectivity index (χ4v) is 4.83. The molecule has 28 heavy (non-hydrogen) atoms. The molecule has 2 aromatic rings. The first-order valence-electron chi connectivity index (χ1n) is 8.55. The molecule has 1 aliphatic heterocycles. The lowest BCUT2D eigenvalue weighted by Crippen LogP contribution is -2.33. The fraction of sp³-hybridized carbons (Fsp3) is 0.316. The lowest BCUT2D eigenvalue weighted by Gasteiger charge is -2.20. The van der Waals surface area contributed by atoms with Crippen LogP contribution in [0, 0.1) is 0 Å². The molecule has 0 fully saturated rings. The van der Waals surface area contributed by atoms with Crippen LogP contribution in [0.4, 0.5) is 11.4 Å². The van der Waals surface area contributed by atoms with Crippen LogP contribution in [0.3, 0.4) is 0 Å². The van der Waals surface area contributed by atoms with Gasteiger partial charge >= 0.3 is 0 Å². The summed E-state index contributed by atoms with van der Waals surface area (Å²) in [5.74, 6) is 0.612. The number of halogens is 1. The number of nitrogens with zero attached hydrogens (tertiary/aromatic N) is 1. The van der Waals surface area contributed by atoms with E-state index in [0.717, 1.165) is 11.3 Å². The first kappa shape index (κ1) is 20.3. The van der Waals surface area contributed by atoms with Gasteiger partial charge in [0.1, 0.15) is 17.2 Å². The number of carbonyl (C=O) groups excluding carboxylic acids is 1. The molecule has 0 saturated heterocycles. The molecule has 3 rings (SSSR count). The van der Waals surface area contributed by atoms with E-state index in [0.29, 0.717) is 12.2 Å². The normalized spacial score (nSPS) is 15.9. The molecule has 1 atom stereocenters. The summed E-state index contributed by atoms with van der Waals surface area (Å²) >= 11 is 6.22. The highest BCUT2D eigenvalue weighted by Crippen LogP contribution is 2.39. The topological polar surface area (TPSA) is 84.9 Å². The highest BCUT2D eigenvalue weighted by atomic mass is 35.5. The van der Waals surface area contributed by atoms with Gasteiger partial charge in [-0.2, -0.15) is 0 Å². The predicted octanol–water partition coefficient (Wildman–Crippen LogP) is 3.46. The first-order valence-corrected chi connectivity index (χ1v) is 10.4. The van der Waals surface area contributed by atoms with Crippen LogP contribution in [-0.2, 0) is 21.2 Å². The van der Waals surface area contributed by atoms with Gasteiger partial charge < -0.3 is 14.4 Å². The summed E-state index contributed by atoms with van der Waals surface area (Å²) in [6.45, 7) is 3.42. The molecular formula is C19H21ClN2O5S. The number of nitrogens with one attached hydrogen (secondary N) is 1. The Morgan fingerprint density at radius 2 is 1.93 bits per heavy atom. The van der Waals surface area contributed by atoms with Gasteiger partial charge in [-0.1, -0.05) is 11.6 Å². The number of anilines is 2. The van der Waals surface area contributed by atoms with Gasteiger partial charge in [0, 0.05) is 30.8 Å². The van der Waals surface area contributed by atoms with E-state index in [1.807, 2.05) is 6.92 Å². The minimum absolute atomic E-state index is 0.0189. The van der Waals surface area contributed by atoms with Crippen LogP contribution in [-0.4, -0.2) is 34.6 Å². The molecule has 0 aromatic heterocycles.